The molecule has 0 saturated heterocycles. The molecule has 0 unspecified atom stereocenters. The predicted molar refractivity (Wildman–Crippen MR) is 96.2 cm³/mol. The number of hydrogen-bond donors (Lipinski definition) is 2. The summed E-state index contributed by atoms with van der Waals surface area (Å²) >= 11 is 6.00. The lowest BCUT2D eigenvalue weighted by Crippen LogP contribution is -2.35. The standard InChI is InChI=1S/C18H16ClN3O3/c1-10(2)22-16(23)12-8-7-11(9-13(12)17(22)24)20-18(25)21-15-6-4-3-5-14(15)19/h3-10H,1-2H3,(H2,20,21,25). The molecule has 0 fully saturated rings. The maximum atomic E-state index is 12.4. The number of anilines is 2. The van der Waals surface area contributed by atoms with E-state index in [1.807, 2.05) is 0 Å². The summed E-state index contributed by atoms with van der Waals surface area (Å²) in [4.78, 5) is 37.9. The molecule has 0 bridgehead atoms. The Morgan fingerprint density at radius 2 is 1.68 bits per heavy atom. The van der Waals surface area contributed by atoms with Crippen LogP contribution in [0.3, 0.4) is 0 Å². The molecular weight excluding hydrogens is 342 g/mol. The van der Waals surface area contributed by atoms with Gasteiger partial charge in [-0.15, -0.1) is 0 Å². The molecule has 1 aliphatic rings. The van der Waals surface area contributed by atoms with Gasteiger partial charge in [0.1, 0.15) is 0 Å². The van der Waals surface area contributed by atoms with Gasteiger partial charge in [0.05, 0.1) is 21.8 Å². The Bertz CT molecular complexity index is 880. The van der Waals surface area contributed by atoms with Crippen LogP contribution in [0, 0.1) is 0 Å². The van der Waals surface area contributed by atoms with Gasteiger partial charge in [0.15, 0.2) is 0 Å². The van der Waals surface area contributed by atoms with E-state index in [-0.39, 0.29) is 23.4 Å². The van der Waals surface area contributed by atoms with Crippen LogP contribution in [0.15, 0.2) is 42.5 Å². The molecule has 0 radical (unpaired) electrons. The SMILES string of the molecule is CC(C)N1C(=O)c2ccc(NC(=O)Nc3ccccc3Cl)cc2C1=O. The van der Waals surface area contributed by atoms with Crippen LogP contribution in [-0.4, -0.2) is 28.8 Å². The highest BCUT2D eigenvalue weighted by atomic mass is 35.5. The van der Waals surface area contributed by atoms with E-state index < -0.39 is 6.03 Å². The Labute approximate surface area is 149 Å². The number of carbonyl (C=O) groups excluding carboxylic acids is 3. The number of carbonyl (C=O) groups is 3. The van der Waals surface area contributed by atoms with Crippen LogP contribution >= 0.6 is 11.6 Å². The summed E-state index contributed by atoms with van der Waals surface area (Å²) in [5.74, 6) is -0.674. The van der Waals surface area contributed by atoms with E-state index in [1.54, 1.807) is 50.2 Å². The number of imide groups is 1. The second kappa shape index (κ2) is 6.57. The Balaban J connectivity index is 1.78. The zero-order chi connectivity index (χ0) is 18.1. The first-order chi connectivity index (χ1) is 11.9. The van der Waals surface area contributed by atoms with Gasteiger partial charge in [-0.25, -0.2) is 4.79 Å². The highest BCUT2D eigenvalue weighted by Crippen LogP contribution is 2.27. The number of fused-ring (bicyclic) bond motifs is 1. The summed E-state index contributed by atoms with van der Waals surface area (Å²) in [6, 6.07) is 10.8. The maximum Gasteiger partial charge on any atom is 0.323 e. The molecule has 4 amide bonds. The molecule has 0 spiro atoms. The van der Waals surface area contributed by atoms with E-state index in [1.165, 1.54) is 11.0 Å². The van der Waals surface area contributed by atoms with Crippen LogP contribution in [0.1, 0.15) is 34.6 Å². The van der Waals surface area contributed by atoms with Gasteiger partial charge in [-0.05, 0) is 44.2 Å². The fourth-order valence-corrected chi connectivity index (χ4v) is 2.84. The number of benzene rings is 2. The van der Waals surface area contributed by atoms with Crippen LogP contribution < -0.4 is 10.6 Å². The van der Waals surface area contributed by atoms with Crippen molar-refractivity contribution in [3.63, 3.8) is 0 Å². The topological polar surface area (TPSA) is 78.5 Å². The summed E-state index contributed by atoms with van der Waals surface area (Å²) in [5, 5.41) is 5.68. The van der Waals surface area contributed by atoms with E-state index >= 15 is 0 Å². The van der Waals surface area contributed by atoms with Gasteiger partial charge in [-0.1, -0.05) is 23.7 Å². The summed E-state index contributed by atoms with van der Waals surface area (Å²) in [5.41, 5.74) is 1.51. The first-order valence-corrected chi connectivity index (χ1v) is 8.10. The van der Waals surface area contributed by atoms with Crippen molar-refractivity contribution in [3.8, 4) is 0 Å². The summed E-state index contributed by atoms with van der Waals surface area (Å²) in [6.45, 7) is 3.55. The van der Waals surface area contributed by atoms with Crippen molar-refractivity contribution < 1.29 is 14.4 Å². The lowest BCUT2D eigenvalue weighted by Gasteiger charge is -2.17. The van der Waals surface area contributed by atoms with E-state index in [9.17, 15) is 14.4 Å². The van der Waals surface area contributed by atoms with Crippen LogP contribution in [0.5, 0.6) is 0 Å². The van der Waals surface area contributed by atoms with Gasteiger partial charge in [0, 0.05) is 11.7 Å². The molecule has 3 rings (SSSR count). The third-order valence-electron chi connectivity index (χ3n) is 3.81. The van der Waals surface area contributed by atoms with Crippen molar-refractivity contribution in [2.24, 2.45) is 0 Å². The predicted octanol–water partition coefficient (Wildman–Crippen LogP) is 3.99. The largest absolute Gasteiger partial charge is 0.323 e. The number of para-hydroxylation sites is 1. The number of rotatable bonds is 3. The lowest BCUT2D eigenvalue weighted by molar-refractivity contribution is 0.0609. The smallest absolute Gasteiger partial charge is 0.308 e. The van der Waals surface area contributed by atoms with E-state index in [2.05, 4.69) is 10.6 Å². The maximum absolute atomic E-state index is 12.4. The van der Waals surface area contributed by atoms with E-state index in [0.717, 1.165) is 0 Å². The number of urea groups is 1. The lowest BCUT2D eigenvalue weighted by atomic mass is 10.1. The summed E-state index contributed by atoms with van der Waals surface area (Å²) < 4.78 is 0. The molecule has 0 aromatic heterocycles. The number of amides is 4. The number of halogens is 1. The quantitative estimate of drug-likeness (QED) is 0.815. The molecular formula is C18H16ClN3O3. The molecule has 25 heavy (non-hydrogen) atoms. The van der Waals surface area contributed by atoms with Gasteiger partial charge in [-0.3, -0.25) is 14.5 Å². The first-order valence-electron chi connectivity index (χ1n) is 7.73. The third kappa shape index (κ3) is 3.21. The van der Waals surface area contributed by atoms with E-state index in [0.29, 0.717) is 22.0 Å². The minimum absolute atomic E-state index is 0.229. The van der Waals surface area contributed by atoms with Crippen molar-refractivity contribution >= 4 is 40.8 Å². The number of nitrogens with one attached hydrogen (secondary N) is 2. The average Bonchev–Trinajstić information content (AvgIpc) is 2.80. The molecule has 128 valence electrons. The Kier molecular flexibility index (Phi) is 4.46. The van der Waals surface area contributed by atoms with Crippen LogP contribution in [0.2, 0.25) is 5.02 Å². The molecule has 2 N–H and O–H groups in total. The van der Waals surface area contributed by atoms with Crippen molar-refractivity contribution in [2.45, 2.75) is 19.9 Å². The molecule has 1 aliphatic heterocycles. The van der Waals surface area contributed by atoms with Gasteiger partial charge in [-0.2, -0.15) is 0 Å². The number of nitrogens with zero attached hydrogens (tertiary/aromatic N) is 1. The van der Waals surface area contributed by atoms with Gasteiger partial charge in [0.2, 0.25) is 0 Å². The van der Waals surface area contributed by atoms with Gasteiger partial charge in [0.25, 0.3) is 11.8 Å². The van der Waals surface area contributed by atoms with E-state index in [4.69, 9.17) is 11.6 Å². The highest BCUT2D eigenvalue weighted by Gasteiger charge is 2.37. The minimum atomic E-state index is -0.495. The molecule has 0 saturated carbocycles. The summed E-state index contributed by atoms with van der Waals surface area (Å²) in [7, 11) is 0. The zero-order valence-corrected chi connectivity index (χ0v) is 14.4. The van der Waals surface area contributed by atoms with Gasteiger partial charge >= 0.3 is 6.03 Å². The second-order valence-corrected chi connectivity index (χ2v) is 6.30. The third-order valence-corrected chi connectivity index (χ3v) is 4.14. The molecule has 1 heterocycles. The van der Waals surface area contributed by atoms with Crippen LogP contribution in [-0.2, 0) is 0 Å². The van der Waals surface area contributed by atoms with Crippen LogP contribution in [0.25, 0.3) is 0 Å². The van der Waals surface area contributed by atoms with Gasteiger partial charge < -0.3 is 10.6 Å². The minimum Gasteiger partial charge on any atom is -0.308 e. The Morgan fingerprint density at radius 1 is 1.00 bits per heavy atom. The second-order valence-electron chi connectivity index (χ2n) is 5.89. The molecule has 6 nitrogen and oxygen atoms in total. The average molecular weight is 358 g/mol. The fourth-order valence-electron chi connectivity index (χ4n) is 2.65. The summed E-state index contributed by atoms with van der Waals surface area (Å²) in [6.07, 6.45) is 0. The molecule has 0 atom stereocenters. The molecule has 0 aliphatic carbocycles. The molecule has 2 aromatic rings. The highest BCUT2D eigenvalue weighted by molar-refractivity contribution is 6.33. The Hall–Kier alpha value is -2.86. The van der Waals surface area contributed by atoms with Crippen LogP contribution in [0.4, 0.5) is 16.2 Å². The van der Waals surface area contributed by atoms with Crippen molar-refractivity contribution in [3.05, 3.63) is 58.6 Å². The molecule has 2 aromatic carbocycles. The van der Waals surface area contributed by atoms with Crippen molar-refractivity contribution in [2.75, 3.05) is 10.6 Å². The fraction of sp³-hybridized carbons (Fsp3) is 0.167. The normalized spacial score (nSPS) is 13.2. The zero-order valence-electron chi connectivity index (χ0n) is 13.7. The van der Waals surface area contributed by atoms with Crippen molar-refractivity contribution in [1.82, 2.24) is 4.90 Å². The number of hydrogen-bond acceptors (Lipinski definition) is 3. The van der Waals surface area contributed by atoms with Crippen molar-refractivity contribution in [1.29, 1.82) is 0 Å². The monoisotopic (exact) mass is 357 g/mol. The molecule has 7 heteroatoms. The Morgan fingerprint density at radius 3 is 2.36 bits per heavy atom. The first kappa shape index (κ1) is 17.0.